The minimum absolute atomic E-state index is 0.0212. The molecule has 0 aliphatic rings. The summed E-state index contributed by atoms with van der Waals surface area (Å²) in [6, 6.07) is 13.8. The average Bonchev–Trinajstić information content (AvgIpc) is 2.48. The number of anilines is 1. The number of ketones is 1. The molecule has 2 aromatic rings. The number of nitrogens with zero attached hydrogens (tertiary/aromatic N) is 1. The molecule has 0 bridgehead atoms. The molecular weight excluding hydrogens is 253 g/mol. The van der Waals surface area contributed by atoms with Crippen LogP contribution in [0.5, 0.6) is 0 Å². The van der Waals surface area contributed by atoms with Crippen molar-refractivity contribution in [3.05, 3.63) is 65.5 Å². The molecule has 0 aliphatic heterocycles. The van der Waals surface area contributed by atoms with Gasteiger partial charge in [0.2, 0.25) is 0 Å². The highest BCUT2D eigenvalue weighted by molar-refractivity contribution is 5.99. The number of Topliss-reactive ketones (excluding diaryl/α,β-unsaturated/α-hetero) is 1. The lowest BCUT2D eigenvalue weighted by Gasteiger charge is -2.18. The number of carbonyl (C=O) groups excluding carboxylic acids is 1. The molecule has 0 atom stereocenters. The molecule has 2 rings (SSSR count). The molecule has 20 heavy (non-hydrogen) atoms. The molecule has 0 amide bonds. The van der Waals surface area contributed by atoms with Crippen LogP contribution in [0.3, 0.4) is 0 Å². The zero-order chi connectivity index (χ0) is 14.5. The van der Waals surface area contributed by atoms with Crippen LogP contribution in [-0.2, 0) is 6.42 Å². The Kier molecular flexibility index (Phi) is 4.51. The van der Waals surface area contributed by atoms with Gasteiger partial charge in [-0.05, 0) is 48.4 Å². The Balaban J connectivity index is 2.04. The number of aryl methyl sites for hydroxylation is 1. The Morgan fingerprint density at radius 1 is 1.05 bits per heavy atom. The predicted octanol–water partition coefficient (Wildman–Crippen LogP) is 3.71. The molecule has 2 aromatic carbocycles. The van der Waals surface area contributed by atoms with E-state index >= 15 is 0 Å². The van der Waals surface area contributed by atoms with E-state index in [1.165, 1.54) is 29.8 Å². The van der Waals surface area contributed by atoms with E-state index in [-0.39, 0.29) is 18.1 Å². The molecular formula is C17H18FNO. The fraction of sp³-hybridized carbons (Fsp3) is 0.235. The van der Waals surface area contributed by atoms with Gasteiger partial charge in [0, 0.05) is 18.3 Å². The van der Waals surface area contributed by atoms with E-state index in [9.17, 15) is 9.18 Å². The summed E-state index contributed by atoms with van der Waals surface area (Å²) in [5, 5.41) is 0. The monoisotopic (exact) mass is 271 g/mol. The Morgan fingerprint density at radius 3 is 2.20 bits per heavy atom. The van der Waals surface area contributed by atoms with Crippen LogP contribution >= 0.6 is 0 Å². The van der Waals surface area contributed by atoms with Crippen molar-refractivity contribution in [1.82, 2.24) is 0 Å². The van der Waals surface area contributed by atoms with Crippen LogP contribution in [0.15, 0.2) is 48.5 Å². The normalized spacial score (nSPS) is 10.3. The summed E-state index contributed by atoms with van der Waals surface area (Å²) in [5.41, 5.74) is 2.80. The standard InChI is InChI=1S/C17H18FNO/c1-3-13-4-10-16(11-5-13)19(2)12-17(20)14-6-8-15(18)9-7-14/h4-11H,3,12H2,1-2H3. The van der Waals surface area contributed by atoms with E-state index in [0.29, 0.717) is 5.56 Å². The third-order valence-electron chi connectivity index (χ3n) is 3.33. The van der Waals surface area contributed by atoms with Crippen molar-refractivity contribution in [1.29, 1.82) is 0 Å². The van der Waals surface area contributed by atoms with Crippen molar-refractivity contribution in [3.8, 4) is 0 Å². The van der Waals surface area contributed by atoms with Crippen molar-refractivity contribution in [3.63, 3.8) is 0 Å². The summed E-state index contributed by atoms with van der Waals surface area (Å²) in [6.45, 7) is 2.38. The molecule has 0 aliphatic carbocycles. The lowest BCUT2D eigenvalue weighted by molar-refractivity contribution is 0.100. The number of halogens is 1. The maximum Gasteiger partial charge on any atom is 0.182 e. The number of benzene rings is 2. The molecule has 104 valence electrons. The van der Waals surface area contributed by atoms with Gasteiger partial charge in [0.05, 0.1) is 6.54 Å². The number of hydrogen-bond acceptors (Lipinski definition) is 2. The Hall–Kier alpha value is -2.16. The van der Waals surface area contributed by atoms with Crippen LogP contribution in [0.25, 0.3) is 0 Å². The number of rotatable bonds is 5. The van der Waals surface area contributed by atoms with Gasteiger partial charge in [-0.3, -0.25) is 4.79 Å². The van der Waals surface area contributed by atoms with E-state index in [1.807, 2.05) is 24.1 Å². The summed E-state index contributed by atoms with van der Waals surface area (Å²) < 4.78 is 12.8. The lowest BCUT2D eigenvalue weighted by Crippen LogP contribution is -2.25. The molecule has 0 unspecified atom stereocenters. The largest absolute Gasteiger partial charge is 0.367 e. The number of likely N-dealkylation sites (N-methyl/N-ethyl adjacent to an activating group) is 1. The van der Waals surface area contributed by atoms with Crippen molar-refractivity contribution in [2.75, 3.05) is 18.5 Å². The second-order valence-electron chi connectivity index (χ2n) is 4.81. The molecule has 0 fully saturated rings. The second-order valence-corrected chi connectivity index (χ2v) is 4.81. The van der Waals surface area contributed by atoms with Gasteiger partial charge in [-0.1, -0.05) is 19.1 Å². The first kappa shape index (κ1) is 14.3. The molecule has 0 N–H and O–H groups in total. The van der Waals surface area contributed by atoms with E-state index in [0.717, 1.165) is 12.1 Å². The molecule has 0 saturated heterocycles. The second kappa shape index (κ2) is 6.33. The summed E-state index contributed by atoms with van der Waals surface area (Å²) in [7, 11) is 1.88. The van der Waals surface area contributed by atoms with Crippen LogP contribution in [0.4, 0.5) is 10.1 Å². The van der Waals surface area contributed by atoms with Crippen molar-refractivity contribution < 1.29 is 9.18 Å². The third kappa shape index (κ3) is 3.44. The molecule has 0 heterocycles. The maximum absolute atomic E-state index is 12.8. The first-order valence-electron chi connectivity index (χ1n) is 6.69. The maximum atomic E-state index is 12.8. The average molecular weight is 271 g/mol. The van der Waals surface area contributed by atoms with Crippen LogP contribution < -0.4 is 4.90 Å². The van der Waals surface area contributed by atoms with Crippen LogP contribution in [0.1, 0.15) is 22.8 Å². The summed E-state index contributed by atoms with van der Waals surface area (Å²) in [4.78, 5) is 14.0. The van der Waals surface area contributed by atoms with Gasteiger partial charge in [0.1, 0.15) is 5.82 Å². The van der Waals surface area contributed by atoms with Gasteiger partial charge >= 0.3 is 0 Å². The highest BCUT2D eigenvalue weighted by Crippen LogP contribution is 2.15. The van der Waals surface area contributed by atoms with Gasteiger partial charge < -0.3 is 4.90 Å². The lowest BCUT2D eigenvalue weighted by atomic mass is 10.1. The van der Waals surface area contributed by atoms with Crippen LogP contribution in [0.2, 0.25) is 0 Å². The Bertz CT molecular complexity index is 575. The van der Waals surface area contributed by atoms with Gasteiger partial charge in [-0.15, -0.1) is 0 Å². The zero-order valence-corrected chi connectivity index (χ0v) is 11.8. The molecule has 0 saturated carbocycles. The SMILES string of the molecule is CCc1ccc(N(C)CC(=O)c2ccc(F)cc2)cc1. The first-order chi connectivity index (χ1) is 9.60. The predicted molar refractivity (Wildman–Crippen MR) is 79.8 cm³/mol. The van der Waals surface area contributed by atoms with Crippen molar-refractivity contribution >= 4 is 11.5 Å². The highest BCUT2D eigenvalue weighted by Gasteiger charge is 2.10. The Labute approximate surface area is 118 Å². The first-order valence-corrected chi connectivity index (χ1v) is 6.69. The Morgan fingerprint density at radius 2 is 1.65 bits per heavy atom. The summed E-state index contributed by atoms with van der Waals surface area (Å²) >= 11 is 0. The fourth-order valence-electron chi connectivity index (χ4n) is 2.02. The molecule has 2 nitrogen and oxygen atoms in total. The third-order valence-corrected chi connectivity index (χ3v) is 3.33. The van der Waals surface area contributed by atoms with Crippen molar-refractivity contribution in [2.24, 2.45) is 0 Å². The van der Waals surface area contributed by atoms with Gasteiger partial charge in [0.15, 0.2) is 5.78 Å². The molecule has 0 spiro atoms. The summed E-state index contributed by atoms with van der Waals surface area (Å²) in [5.74, 6) is -0.350. The minimum Gasteiger partial charge on any atom is -0.367 e. The minimum atomic E-state index is -0.329. The van der Waals surface area contributed by atoms with Crippen LogP contribution in [-0.4, -0.2) is 19.4 Å². The van der Waals surface area contributed by atoms with E-state index in [4.69, 9.17) is 0 Å². The van der Waals surface area contributed by atoms with E-state index in [1.54, 1.807) is 0 Å². The molecule has 3 heteroatoms. The van der Waals surface area contributed by atoms with Crippen molar-refractivity contribution in [2.45, 2.75) is 13.3 Å². The number of carbonyl (C=O) groups is 1. The smallest absolute Gasteiger partial charge is 0.182 e. The van der Waals surface area contributed by atoms with Gasteiger partial charge in [0.25, 0.3) is 0 Å². The van der Waals surface area contributed by atoms with E-state index < -0.39 is 0 Å². The fourth-order valence-corrected chi connectivity index (χ4v) is 2.02. The van der Waals surface area contributed by atoms with E-state index in [2.05, 4.69) is 19.1 Å². The zero-order valence-electron chi connectivity index (χ0n) is 11.8. The number of hydrogen-bond donors (Lipinski definition) is 0. The molecule has 0 radical (unpaired) electrons. The van der Waals surface area contributed by atoms with Crippen LogP contribution in [0, 0.1) is 5.82 Å². The quantitative estimate of drug-likeness (QED) is 0.773. The van der Waals surface area contributed by atoms with Gasteiger partial charge in [-0.25, -0.2) is 4.39 Å². The molecule has 0 aromatic heterocycles. The topological polar surface area (TPSA) is 20.3 Å². The van der Waals surface area contributed by atoms with Gasteiger partial charge in [-0.2, -0.15) is 0 Å². The highest BCUT2D eigenvalue weighted by atomic mass is 19.1. The summed E-state index contributed by atoms with van der Waals surface area (Å²) in [6.07, 6.45) is 0.999.